The molecule has 0 saturated heterocycles. The molecular weight excluding hydrogens is 553 g/mol. The third-order valence-corrected chi connectivity index (χ3v) is 7.78. The first kappa shape index (κ1) is 30.0. The zero-order valence-electron chi connectivity index (χ0n) is 23.3. The monoisotopic (exact) mass is 584 g/mol. The number of carboxylic acids is 1. The van der Waals surface area contributed by atoms with E-state index in [1.807, 2.05) is 39.0 Å². The largest absolute Gasteiger partial charge is 0.573 e. The Kier molecular flexibility index (Phi) is 8.72. The maximum atomic E-state index is 13.1. The summed E-state index contributed by atoms with van der Waals surface area (Å²) in [6, 6.07) is 18.5. The summed E-state index contributed by atoms with van der Waals surface area (Å²) < 4.78 is 50.7. The van der Waals surface area contributed by atoms with Crippen LogP contribution in [0.1, 0.15) is 66.4 Å². The summed E-state index contributed by atoms with van der Waals surface area (Å²) in [5.74, 6) is -0.642. The number of aromatic carboxylic acids is 1. The molecule has 0 radical (unpaired) electrons. The number of aromatic nitrogens is 2. The summed E-state index contributed by atoms with van der Waals surface area (Å²) in [6.45, 7) is 10.2. The van der Waals surface area contributed by atoms with E-state index >= 15 is 0 Å². The van der Waals surface area contributed by atoms with Gasteiger partial charge < -0.3 is 14.6 Å². The molecule has 0 amide bonds. The van der Waals surface area contributed by atoms with Crippen LogP contribution in [-0.4, -0.2) is 27.2 Å². The Bertz CT molecular complexity index is 1530. The molecule has 41 heavy (non-hydrogen) atoms. The molecule has 216 valence electrons. The maximum Gasteiger partial charge on any atom is 0.573 e. The van der Waals surface area contributed by atoms with Crippen molar-refractivity contribution >= 4 is 17.7 Å². The van der Waals surface area contributed by atoms with Gasteiger partial charge >= 0.3 is 12.3 Å². The smallest absolute Gasteiger partial charge is 0.487 e. The lowest BCUT2D eigenvalue weighted by Crippen LogP contribution is -2.19. The number of para-hydroxylation sites is 2. The van der Waals surface area contributed by atoms with Gasteiger partial charge in [0.25, 0.3) is 0 Å². The van der Waals surface area contributed by atoms with E-state index in [0.717, 1.165) is 21.6 Å². The minimum Gasteiger partial charge on any atom is -0.487 e. The van der Waals surface area contributed by atoms with Crippen molar-refractivity contribution in [3.63, 3.8) is 0 Å². The average molecular weight is 585 g/mol. The highest BCUT2D eigenvalue weighted by molar-refractivity contribution is 8.00. The molecule has 4 rings (SSSR count). The standard InChI is InChI=1S/C31H31F3N2O4S/c1-19(2)24-17-35-36(26-8-6-7-9-28(26)40-31(32,33)34)27(24)18-39-22-12-15-25(20(3)16-22)30(4,5)41-23-13-10-21(11-14-23)29(37)38/h6-17,19H,18H2,1-5H3,(H,37,38). The second kappa shape index (κ2) is 11.9. The fourth-order valence-corrected chi connectivity index (χ4v) is 5.83. The number of halogens is 3. The second-order valence-electron chi connectivity index (χ2n) is 10.3. The number of hydrogen-bond acceptors (Lipinski definition) is 5. The van der Waals surface area contributed by atoms with E-state index in [-0.39, 0.29) is 34.3 Å². The van der Waals surface area contributed by atoms with Gasteiger partial charge in [0.15, 0.2) is 5.75 Å². The number of rotatable bonds is 10. The Balaban J connectivity index is 1.56. The van der Waals surface area contributed by atoms with Gasteiger partial charge in [-0.25, -0.2) is 9.48 Å². The van der Waals surface area contributed by atoms with Crippen LogP contribution in [0.5, 0.6) is 11.5 Å². The molecule has 1 heterocycles. The molecule has 0 aliphatic carbocycles. The third-order valence-electron chi connectivity index (χ3n) is 6.54. The highest BCUT2D eigenvalue weighted by atomic mass is 32.2. The molecule has 0 aliphatic rings. The van der Waals surface area contributed by atoms with E-state index in [9.17, 15) is 18.0 Å². The first-order valence-electron chi connectivity index (χ1n) is 12.9. The summed E-state index contributed by atoms with van der Waals surface area (Å²) in [5.41, 5.74) is 3.97. The van der Waals surface area contributed by atoms with Crippen LogP contribution in [0.25, 0.3) is 5.69 Å². The van der Waals surface area contributed by atoms with Crippen LogP contribution in [-0.2, 0) is 11.4 Å². The van der Waals surface area contributed by atoms with E-state index in [1.54, 1.807) is 48.3 Å². The topological polar surface area (TPSA) is 73.6 Å². The predicted octanol–water partition coefficient (Wildman–Crippen LogP) is 8.51. The average Bonchev–Trinajstić information content (AvgIpc) is 3.31. The van der Waals surface area contributed by atoms with Gasteiger partial charge in [0, 0.05) is 9.64 Å². The molecule has 1 aromatic heterocycles. The highest BCUT2D eigenvalue weighted by Crippen LogP contribution is 2.43. The normalized spacial score (nSPS) is 12.0. The Hall–Kier alpha value is -3.92. The van der Waals surface area contributed by atoms with Crippen molar-refractivity contribution in [2.45, 2.75) is 63.1 Å². The van der Waals surface area contributed by atoms with Crippen molar-refractivity contribution in [2.24, 2.45) is 0 Å². The molecule has 0 unspecified atom stereocenters. The van der Waals surface area contributed by atoms with Crippen molar-refractivity contribution in [1.29, 1.82) is 0 Å². The molecule has 0 bridgehead atoms. The Labute approximate surface area is 241 Å². The molecular formula is C31H31F3N2O4S. The van der Waals surface area contributed by atoms with Crippen molar-refractivity contribution in [2.75, 3.05) is 0 Å². The maximum absolute atomic E-state index is 13.1. The predicted molar refractivity (Wildman–Crippen MR) is 152 cm³/mol. The van der Waals surface area contributed by atoms with Gasteiger partial charge in [-0.15, -0.1) is 24.9 Å². The van der Waals surface area contributed by atoms with Gasteiger partial charge in [0.05, 0.1) is 17.5 Å². The molecule has 0 aliphatic heterocycles. The van der Waals surface area contributed by atoms with Gasteiger partial charge in [-0.05, 0) is 91.9 Å². The summed E-state index contributed by atoms with van der Waals surface area (Å²) in [7, 11) is 0. The number of aryl methyl sites for hydroxylation is 1. The lowest BCUT2D eigenvalue weighted by molar-refractivity contribution is -0.274. The Morgan fingerprint density at radius 1 is 1.05 bits per heavy atom. The summed E-state index contributed by atoms with van der Waals surface area (Å²) in [6.07, 6.45) is -3.20. The van der Waals surface area contributed by atoms with Crippen molar-refractivity contribution < 1.29 is 32.5 Å². The molecule has 0 atom stereocenters. The Morgan fingerprint density at radius 2 is 1.73 bits per heavy atom. The van der Waals surface area contributed by atoms with Gasteiger partial charge in [0.1, 0.15) is 18.0 Å². The van der Waals surface area contributed by atoms with Crippen LogP contribution in [0.3, 0.4) is 0 Å². The number of hydrogen-bond donors (Lipinski definition) is 1. The molecule has 6 nitrogen and oxygen atoms in total. The van der Waals surface area contributed by atoms with Crippen molar-refractivity contribution in [1.82, 2.24) is 9.78 Å². The third kappa shape index (κ3) is 7.24. The molecule has 0 spiro atoms. The van der Waals surface area contributed by atoms with E-state index in [0.29, 0.717) is 11.4 Å². The number of carbonyl (C=O) groups is 1. The number of nitrogens with zero attached hydrogens (tertiary/aromatic N) is 2. The van der Waals surface area contributed by atoms with Crippen LogP contribution in [0, 0.1) is 6.92 Å². The first-order valence-corrected chi connectivity index (χ1v) is 13.7. The lowest BCUT2D eigenvalue weighted by Gasteiger charge is -2.27. The SMILES string of the molecule is Cc1cc(OCc2c(C(C)C)cnn2-c2ccccc2OC(F)(F)F)ccc1C(C)(C)Sc1ccc(C(=O)O)cc1. The number of thioether (sulfide) groups is 1. The minimum absolute atomic E-state index is 0.0598. The van der Waals surface area contributed by atoms with Gasteiger partial charge in [0.2, 0.25) is 0 Å². The fraction of sp³-hybridized carbons (Fsp3) is 0.290. The van der Waals surface area contributed by atoms with E-state index in [2.05, 4.69) is 23.7 Å². The fourth-order valence-electron chi connectivity index (χ4n) is 4.63. The number of carboxylic acid groups (broad SMARTS) is 1. The van der Waals surface area contributed by atoms with Crippen LogP contribution in [0.15, 0.2) is 77.8 Å². The molecule has 0 fully saturated rings. The molecule has 4 aromatic rings. The van der Waals surface area contributed by atoms with E-state index in [4.69, 9.17) is 9.84 Å². The van der Waals surface area contributed by atoms with Crippen LogP contribution < -0.4 is 9.47 Å². The molecule has 1 N–H and O–H groups in total. The Morgan fingerprint density at radius 3 is 2.34 bits per heavy atom. The van der Waals surface area contributed by atoms with E-state index in [1.165, 1.54) is 22.9 Å². The summed E-state index contributed by atoms with van der Waals surface area (Å²) in [4.78, 5) is 12.1. The number of alkyl halides is 3. The van der Waals surface area contributed by atoms with Crippen molar-refractivity contribution in [3.05, 3.63) is 101 Å². The molecule has 0 saturated carbocycles. The number of benzene rings is 3. The van der Waals surface area contributed by atoms with Gasteiger partial charge in [-0.2, -0.15) is 5.10 Å². The molecule has 3 aromatic carbocycles. The van der Waals surface area contributed by atoms with Crippen LogP contribution in [0.4, 0.5) is 13.2 Å². The minimum atomic E-state index is -4.84. The number of ether oxygens (including phenoxy) is 2. The van der Waals surface area contributed by atoms with Crippen LogP contribution >= 0.6 is 11.8 Å². The van der Waals surface area contributed by atoms with Gasteiger partial charge in [-0.3, -0.25) is 0 Å². The highest BCUT2D eigenvalue weighted by Gasteiger charge is 2.33. The zero-order chi connectivity index (χ0) is 29.9. The molecule has 10 heteroatoms. The quantitative estimate of drug-likeness (QED) is 0.188. The van der Waals surface area contributed by atoms with E-state index < -0.39 is 12.3 Å². The summed E-state index contributed by atoms with van der Waals surface area (Å²) >= 11 is 1.62. The summed E-state index contributed by atoms with van der Waals surface area (Å²) in [5, 5.41) is 13.5. The lowest BCUT2D eigenvalue weighted by atomic mass is 9.97. The van der Waals surface area contributed by atoms with Gasteiger partial charge in [-0.1, -0.05) is 32.0 Å². The second-order valence-corrected chi connectivity index (χ2v) is 12.0. The van der Waals surface area contributed by atoms with Crippen molar-refractivity contribution in [3.8, 4) is 17.2 Å². The van der Waals surface area contributed by atoms with Crippen LogP contribution in [0.2, 0.25) is 0 Å². The first-order chi connectivity index (χ1) is 19.2. The zero-order valence-corrected chi connectivity index (χ0v) is 24.1.